The fraction of sp³-hybridized carbons (Fsp3) is 0.316. The summed E-state index contributed by atoms with van der Waals surface area (Å²) in [7, 11) is 1.46. The molecule has 5 nitrogen and oxygen atoms in total. The van der Waals surface area contributed by atoms with E-state index >= 15 is 0 Å². The second kappa shape index (κ2) is 8.24. The van der Waals surface area contributed by atoms with Crippen molar-refractivity contribution >= 4 is 5.78 Å². The van der Waals surface area contributed by atoms with Gasteiger partial charge in [0.2, 0.25) is 5.78 Å². The maximum Gasteiger partial charge on any atom is 0.201 e. The molecule has 0 spiro atoms. The summed E-state index contributed by atoms with van der Waals surface area (Å²) in [5, 5.41) is 29.7. The molecule has 0 aromatic heterocycles. The molecule has 0 saturated heterocycles. The van der Waals surface area contributed by atoms with Crippen molar-refractivity contribution < 1.29 is 24.9 Å². The molecule has 130 valence electrons. The summed E-state index contributed by atoms with van der Waals surface area (Å²) < 4.78 is 5.06. The Morgan fingerprint density at radius 2 is 1.46 bits per heavy atom. The third-order valence-electron chi connectivity index (χ3n) is 3.50. The summed E-state index contributed by atoms with van der Waals surface area (Å²) in [5.74, 6) is -0.535. The van der Waals surface area contributed by atoms with Gasteiger partial charge in [-0.2, -0.15) is 0 Å². The van der Waals surface area contributed by atoms with Gasteiger partial charge in [-0.15, -0.1) is 0 Å². The zero-order valence-corrected chi connectivity index (χ0v) is 14.7. The van der Waals surface area contributed by atoms with E-state index in [1.165, 1.54) is 25.3 Å². The van der Waals surface area contributed by atoms with Gasteiger partial charge in [0.15, 0.2) is 0 Å². The lowest BCUT2D eigenvalue weighted by Gasteiger charge is -2.21. The first kappa shape index (κ1) is 19.4. The number of ketones is 1. The molecule has 0 amide bonds. The Hall–Kier alpha value is -2.69. The van der Waals surface area contributed by atoms with E-state index < -0.39 is 5.78 Å². The molecule has 3 N–H and O–H groups in total. The van der Waals surface area contributed by atoms with Gasteiger partial charge in [-0.1, -0.05) is 27.7 Å². The van der Waals surface area contributed by atoms with E-state index in [4.69, 9.17) is 4.74 Å². The molecule has 0 bridgehead atoms. The molecule has 0 atom stereocenters. The lowest BCUT2D eigenvalue weighted by Crippen LogP contribution is -2.16. The highest BCUT2D eigenvalue weighted by atomic mass is 16.5. The van der Waals surface area contributed by atoms with Crippen molar-refractivity contribution in [1.29, 1.82) is 0 Å². The highest BCUT2D eigenvalue weighted by molar-refractivity contribution is 6.16. The molecule has 0 radical (unpaired) electrons. The van der Waals surface area contributed by atoms with Crippen LogP contribution in [-0.4, -0.2) is 28.2 Å². The molecule has 0 fully saturated rings. The first-order valence-corrected chi connectivity index (χ1v) is 8.01. The minimum absolute atomic E-state index is 0.0398. The number of phenols is 3. The number of ether oxygens (including phenoxy) is 1. The van der Waals surface area contributed by atoms with Crippen LogP contribution in [0.3, 0.4) is 0 Å². The van der Waals surface area contributed by atoms with E-state index in [1.807, 2.05) is 27.7 Å². The topological polar surface area (TPSA) is 87.0 Å². The zero-order valence-electron chi connectivity index (χ0n) is 14.7. The van der Waals surface area contributed by atoms with E-state index in [0.29, 0.717) is 16.9 Å². The van der Waals surface area contributed by atoms with Crippen LogP contribution in [0.15, 0.2) is 24.3 Å². The van der Waals surface area contributed by atoms with E-state index in [-0.39, 0.29) is 34.8 Å². The molecule has 1 aliphatic rings. The van der Waals surface area contributed by atoms with Crippen LogP contribution < -0.4 is 4.74 Å². The van der Waals surface area contributed by atoms with Crippen LogP contribution in [0.2, 0.25) is 0 Å². The van der Waals surface area contributed by atoms with Gasteiger partial charge in [0, 0.05) is 18.1 Å². The number of benzene rings is 2. The highest BCUT2D eigenvalue weighted by Gasteiger charge is 2.31. The summed E-state index contributed by atoms with van der Waals surface area (Å²) in [6, 6.07) is 5.59. The summed E-state index contributed by atoms with van der Waals surface area (Å²) in [5.41, 5.74) is 1.09. The summed E-state index contributed by atoms with van der Waals surface area (Å²) in [6.07, 6.45) is 0.237. The summed E-state index contributed by atoms with van der Waals surface area (Å²) in [6.45, 7) is 8.00. The molecule has 24 heavy (non-hydrogen) atoms. The average molecular weight is 332 g/mol. The standard InChI is InChI=1S/C15H12O5.2C2H6/c1-20-8-4-7-5-9-10(16)2-3-11(17)14(9)15(19)13(7)12(18)6-8;2*1-2/h2-4,6,16-18H,5H2,1H3;2*1-2H3. The van der Waals surface area contributed by atoms with Crippen LogP contribution in [0.5, 0.6) is 23.0 Å². The highest BCUT2D eigenvalue weighted by Crippen LogP contribution is 2.41. The molecule has 5 heteroatoms. The van der Waals surface area contributed by atoms with Crippen LogP contribution in [0.25, 0.3) is 0 Å². The van der Waals surface area contributed by atoms with Crippen molar-refractivity contribution in [3.63, 3.8) is 0 Å². The fourth-order valence-corrected chi connectivity index (χ4v) is 2.55. The Balaban J connectivity index is 0.000000671. The van der Waals surface area contributed by atoms with Crippen molar-refractivity contribution in [3.8, 4) is 23.0 Å². The quantitative estimate of drug-likeness (QED) is 0.586. The van der Waals surface area contributed by atoms with Crippen LogP contribution in [-0.2, 0) is 6.42 Å². The van der Waals surface area contributed by atoms with Gasteiger partial charge in [-0.25, -0.2) is 0 Å². The van der Waals surface area contributed by atoms with E-state index in [1.54, 1.807) is 6.07 Å². The second-order valence-corrected chi connectivity index (χ2v) is 4.64. The number of hydrogen-bond acceptors (Lipinski definition) is 5. The van der Waals surface area contributed by atoms with Crippen LogP contribution in [0, 0.1) is 0 Å². The molecule has 0 unspecified atom stereocenters. The first-order chi connectivity index (χ1) is 11.5. The van der Waals surface area contributed by atoms with Gasteiger partial charge in [-0.05, 0) is 23.8 Å². The third kappa shape index (κ3) is 3.30. The SMILES string of the molecule is CC.CC.COc1cc(O)c2c(c1)Cc1c(O)ccc(O)c1C2=O. The molecule has 0 heterocycles. The van der Waals surface area contributed by atoms with Crippen LogP contribution >= 0.6 is 0 Å². The van der Waals surface area contributed by atoms with Crippen molar-refractivity contribution in [3.05, 3.63) is 46.5 Å². The van der Waals surface area contributed by atoms with Crippen molar-refractivity contribution in [2.75, 3.05) is 7.11 Å². The smallest absolute Gasteiger partial charge is 0.201 e. The van der Waals surface area contributed by atoms with Crippen molar-refractivity contribution in [2.45, 2.75) is 34.1 Å². The van der Waals surface area contributed by atoms with E-state index in [2.05, 4.69) is 0 Å². The normalized spacial score (nSPS) is 11.1. The number of carbonyl (C=O) groups is 1. The predicted molar refractivity (Wildman–Crippen MR) is 93.4 cm³/mol. The number of fused-ring (bicyclic) bond motifs is 2. The number of rotatable bonds is 1. The lowest BCUT2D eigenvalue weighted by atomic mass is 9.83. The minimum Gasteiger partial charge on any atom is -0.508 e. The van der Waals surface area contributed by atoms with Crippen molar-refractivity contribution in [2.24, 2.45) is 0 Å². The Kier molecular flexibility index (Phi) is 6.65. The molecule has 0 saturated carbocycles. The number of methoxy groups -OCH3 is 1. The number of carbonyl (C=O) groups excluding carboxylic acids is 1. The summed E-state index contributed by atoms with van der Waals surface area (Å²) >= 11 is 0. The van der Waals surface area contributed by atoms with E-state index in [9.17, 15) is 20.1 Å². The van der Waals surface area contributed by atoms with Gasteiger partial charge in [0.05, 0.1) is 18.2 Å². The maximum absolute atomic E-state index is 12.4. The molecule has 1 aliphatic carbocycles. The van der Waals surface area contributed by atoms with Gasteiger partial charge in [-0.3, -0.25) is 4.79 Å². The van der Waals surface area contributed by atoms with Crippen LogP contribution in [0.4, 0.5) is 0 Å². The predicted octanol–water partition coefficient (Wildman–Crippen LogP) is 4.00. The second-order valence-electron chi connectivity index (χ2n) is 4.64. The molecular weight excluding hydrogens is 308 g/mol. The fourth-order valence-electron chi connectivity index (χ4n) is 2.55. The third-order valence-corrected chi connectivity index (χ3v) is 3.50. The maximum atomic E-state index is 12.4. The van der Waals surface area contributed by atoms with E-state index in [0.717, 1.165) is 0 Å². The average Bonchev–Trinajstić information content (AvgIpc) is 2.61. The van der Waals surface area contributed by atoms with Gasteiger partial charge in [0.1, 0.15) is 23.0 Å². The van der Waals surface area contributed by atoms with Gasteiger partial charge < -0.3 is 20.1 Å². The number of phenolic OH excluding ortho intramolecular Hbond substituents is 3. The Bertz CT molecular complexity index is 735. The minimum atomic E-state index is -0.505. The van der Waals surface area contributed by atoms with Crippen molar-refractivity contribution in [1.82, 2.24) is 0 Å². The van der Waals surface area contributed by atoms with Gasteiger partial charge in [0.25, 0.3) is 0 Å². The molecule has 2 aromatic carbocycles. The Labute approximate surface area is 142 Å². The molecule has 2 aromatic rings. The molecular formula is C19H24O5. The summed E-state index contributed by atoms with van der Waals surface area (Å²) in [4.78, 5) is 12.4. The number of aromatic hydroxyl groups is 3. The zero-order chi connectivity index (χ0) is 18.4. The first-order valence-electron chi connectivity index (χ1n) is 8.01. The molecule has 3 rings (SSSR count). The molecule has 0 aliphatic heterocycles. The lowest BCUT2D eigenvalue weighted by molar-refractivity contribution is 0.102. The monoisotopic (exact) mass is 332 g/mol. The Morgan fingerprint density at radius 3 is 2.04 bits per heavy atom. The van der Waals surface area contributed by atoms with Crippen LogP contribution in [0.1, 0.15) is 54.7 Å². The largest absolute Gasteiger partial charge is 0.508 e. The van der Waals surface area contributed by atoms with Gasteiger partial charge >= 0.3 is 0 Å². The Morgan fingerprint density at radius 1 is 0.875 bits per heavy atom. The number of hydrogen-bond donors (Lipinski definition) is 3.